The molecule has 4 N–H and O–H groups in total. The van der Waals surface area contributed by atoms with Crippen molar-refractivity contribution in [1.29, 1.82) is 0 Å². The van der Waals surface area contributed by atoms with Crippen LogP contribution in [0.15, 0.2) is 82.5 Å². The first-order valence-corrected chi connectivity index (χ1v) is 14.8. The summed E-state index contributed by atoms with van der Waals surface area (Å²) >= 11 is 0. The van der Waals surface area contributed by atoms with Crippen molar-refractivity contribution < 1.29 is 38.1 Å². The first-order valence-electron chi connectivity index (χ1n) is 13.3. The zero-order valence-corrected chi connectivity index (χ0v) is 24.3. The number of H-pyrrole nitrogens is 1. The third-order valence-corrected chi connectivity index (χ3v) is 8.00. The zero-order chi connectivity index (χ0) is 31.2. The number of terminal acetylenes is 1. The molecule has 0 spiro atoms. The van der Waals surface area contributed by atoms with Gasteiger partial charge in [-0.05, 0) is 38.0 Å². The number of aromatic nitrogens is 2. The molecule has 4 rings (SSSR count). The largest absolute Gasteiger partial charge is 0.462 e. The minimum absolute atomic E-state index is 0.0640. The molecule has 0 aliphatic carbocycles. The second-order valence-electron chi connectivity index (χ2n) is 10.0. The van der Waals surface area contributed by atoms with Gasteiger partial charge in [-0.25, -0.2) is 9.36 Å². The number of rotatable bonds is 12. The van der Waals surface area contributed by atoms with Crippen LogP contribution in [0.1, 0.15) is 25.6 Å². The van der Waals surface area contributed by atoms with E-state index < -0.39 is 67.8 Å². The van der Waals surface area contributed by atoms with Gasteiger partial charge in [0.05, 0.1) is 12.7 Å². The average molecular weight is 614 g/mol. The lowest BCUT2D eigenvalue weighted by Gasteiger charge is -2.27. The van der Waals surface area contributed by atoms with E-state index in [1.807, 2.05) is 17.0 Å². The molecule has 0 amide bonds. The summed E-state index contributed by atoms with van der Waals surface area (Å²) in [6.07, 6.45) is 1.24. The smallest absolute Gasteiger partial charge is 0.459 e. The normalized spacial score (nSPS) is 23.7. The molecule has 0 bridgehead atoms. The van der Waals surface area contributed by atoms with Crippen LogP contribution >= 0.6 is 7.75 Å². The van der Waals surface area contributed by atoms with Crippen LogP contribution in [0.2, 0.25) is 0 Å². The Labute approximate surface area is 247 Å². The molecule has 2 heterocycles. The van der Waals surface area contributed by atoms with Crippen LogP contribution < -0.4 is 20.9 Å². The predicted molar refractivity (Wildman–Crippen MR) is 154 cm³/mol. The number of aliphatic hydroxyl groups excluding tert-OH is 1. The molecular formula is C29H32N3O10P. The summed E-state index contributed by atoms with van der Waals surface area (Å²) in [6, 6.07) is 16.8. The average Bonchev–Trinajstić information content (AvgIpc) is 3.22. The molecule has 1 aliphatic rings. The summed E-state index contributed by atoms with van der Waals surface area (Å²) in [7, 11) is -4.46. The van der Waals surface area contributed by atoms with Crippen molar-refractivity contribution in [2.75, 3.05) is 6.61 Å². The number of esters is 1. The highest BCUT2D eigenvalue weighted by molar-refractivity contribution is 7.52. The molecule has 6 atom stereocenters. The van der Waals surface area contributed by atoms with Gasteiger partial charge in [0.1, 0.15) is 24.0 Å². The molecule has 6 unspecified atom stereocenters. The Balaban J connectivity index is 1.62. The van der Waals surface area contributed by atoms with E-state index in [1.165, 1.54) is 12.1 Å². The van der Waals surface area contributed by atoms with Crippen molar-refractivity contribution in [1.82, 2.24) is 14.6 Å². The Kier molecular flexibility index (Phi) is 10.0. The lowest BCUT2D eigenvalue weighted by atomic mass is 9.95. The Hall–Kier alpha value is -4.02. The highest BCUT2D eigenvalue weighted by atomic mass is 31.2. The molecule has 1 aliphatic heterocycles. The Morgan fingerprint density at radius 1 is 1.16 bits per heavy atom. The van der Waals surface area contributed by atoms with Gasteiger partial charge in [-0.3, -0.25) is 23.7 Å². The fourth-order valence-corrected chi connectivity index (χ4v) is 5.87. The molecule has 1 saturated heterocycles. The molecule has 2 aromatic carbocycles. The van der Waals surface area contributed by atoms with Gasteiger partial charge in [0.2, 0.25) is 0 Å². The molecule has 0 saturated carbocycles. The van der Waals surface area contributed by atoms with Crippen LogP contribution in [-0.2, 0) is 29.8 Å². The number of nitrogens with zero attached hydrogens (tertiary/aromatic N) is 1. The van der Waals surface area contributed by atoms with Crippen molar-refractivity contribution in [3.05, 3.63) is 99.3 Å². The summed E-state index contributed by atoms with van der Waals surface area (Å²) in [4.78, 5) is 39.0. The number of aromatic amines is 1. The van der Waals surface area contributed by atoms with E-state index in [-0.39, 0.29) is 12.2 Å². The molecular weight excluding hydrogens is 581 g/mol. The van der Waals surface area contributed by atoms with Crippen LogP contribution in [0.4, 0.5) is 0 Å². The maximum absolute atomic E-state index is 14.2. The van der Waals surface area contributed by atoms with Gasteiger partial charge >= 0.3 is 19.4 Å². The quantitative estimate of drug-likeness (QED) is 0.132. The maximum atomic E-state index is 14.2. The fourth-order valence-electron chi connectivity index (χ4n) is 4.37. The van der Waals surface area contributed by atoms with E-state index in [2.05, 4.69) is 5.09 Å². The second kappa shape index (κ2) is 13.5. The molecule has 43 heavy (non-hydrogen) atoms. The molecule has 1 fully saturated rings. The Morgan fingerprint density at radius 2 is 1.81 bits per heavy atom. The van der Waals surface area contributed by atoms with Crippen LogP contribution in [0, 0.1) is 12.3 Å². The van der Waals surface area contributed by atoms with Crippen molar-refractivity contribution in [3.63, 3.8) is 0 Å². The van der Waals surface area contributed by atoms with E-state index in [1.54, 1.807) is 56.3 Å². The topological polar surface area (TPSA) is 178 Å². The minimum Gasteiger partial charge on any atom is -0.462 e. The monoisotopic (exact) mass is 613 g/mol. The standard InChI is InChI=1S/C29H32N3O10P/c1-4-29(37)25(34)23(41-27(29)32-16-15-24(33)30-28(32)36)18-39-43(38,42-21-13-9-6-10-14-21)31-22(26(35)40-19(2)3)17-20-11-7-5-8-12-20/h1,5-16,19,22-23,25,27,34,37H,17-18H2,2-3H3,(H,31,38)(H,30,33,36). The highest BCUT2D eigenvalue weighted by Gasteiger charge is 2.56. The van der Waals surface area contributed by atoms with Crippen LogP contribution in [0.3, 0.4) is 0 Å². The Bertz CT molecular complexity index is 1600. The molecule has 13 nitrogen and oxygen atoms in total. The number of hydrogen-bond donors (Lipinski definition) is 4. The minimum atomic E-state index is -4.46. The van der Waals surface area contributed by atoms with Crippen molar-refractivity contribution in [3.8, 4) is 18.1 Å². The number of ether oxygens (including phenoxy) is 2. The summed E-state index contributed by atoms with van der Waals surface area (Å²) in [5.74, 6) is 1.46. The maximum Gasteiger partial charge on any atom is 0.459 e. The summed E-state index contributed by atoms with van der Waals surface area (Å²) in [5.41, 5.74) is -3.36. The van der Waals surface area contributed by atoms with E-state index >= 15 is 0 Å². The first kappa shape index (κ1) is 31.9. The van der Waals surface area contributed by atoms with E-state index in [0.29, 0.717) is 0 Å². The van der Waals surface area contributed by atoms with Crippen molar-refractivity contribution in [2.24, 2.45) is 0 Å². The van der Waals surface area contributed by atoms with Gasteiger partial charge in [-0.15, -0.1) is 6.42 Å². The first-order chi connectivity index (χ1) is 20.4. The fraction of sp³-hybridized carbons (Fsp3) is 0.345. The number of aliphatic hydroxyl groups is 2. The van der Waals surface area contributed by atoms with Crippen molar-refractivity contribution >= 4 is 13.7 Å². The lowest BCUT2D eigenvalue weighted by molar-refractivity contribution is -0.149. The van der Waals surface area contributed by atoms with E-state index in [9.17, 15) is 29.2 Å². The highest BCUT2D eigenvalue weighted by Crippen LogP contribution is 2.47. The van der Waals surface area contributed by atoms with Gasteiger partial charge in [0.15, 0.2) is 11.8 Å². The summed E-state index contributed by atoms with van der Waals surface area (Å²) in [6.45, 7) is 2.67. The number of benzene rings is 2. The van der Waals surface area contributed by atoms with Gasteiger partial charge < -0.3 is 24.2 Å². The zero-order valence-electron chi connectivity index (χ0n) is 23.4. The molecule has 3 aromatic rings. The molecule has 14 heteroatoms. The van der Waals surface area contributed by atoms with Gasteiger partial charge in [-0.2, -0.15) is 5.09 Å². The lowest BCUT2D eigenvalue weighted by Crippen LogP contribution is -2.48. The summed E-state index contributed by atoms with van der Waals surface area (Å²) in [5, 5.41) is 24.7. The Morgan fingerprint density at radius 3 is 2.42 bits per heavy atom. The number of para-hydroxylation sites is 1. The molecule has 1 aromatic heterocycles. The third kappa shape index (κ3) is 7.69. The molecule has 0 radical (unpaired) electrons. The third-order valence-electron chi connectivity index (χ3n) is 6.43. The van der Waals surface area contributed by atoms with Gasteiger partial charge in [0, 0.05) is 12.3 Å². The van der Waals surface area contributed by atoms with Gasteiger partial charge in [0.25, 0.3) is 5.56 Å². The number of carbonyl (C=O) groups is 1. The van der Waals surface area contributed by atoms with Crippen LogP contribution in [0.25, 0.3) is 0 Å². The van der Waals surface area contributed by atoms with Crippen LogP contribution in [-0.4, -0.2) is 62.3 Å². The summed E-state index contributed by atoms with van der Waals surface area (Å²) < 4.78 is 37.5. The number of hydrogen-bond acceptors (Lipinski definition) is 10. The van der Waals surface area contributed by atoms with E-state index in [4.69, 9.17) is 24.9 Å². The predicted octanol–water partition coefficient (Wildman–Crippen LogP) is 1.52. The second-order valence-corrected chi connectivity index (χ2v) is 11.7. The van der Waals surface area contributed by atoms with Crippen LogP contribution in [0.5, 0.6) is 5.75 Å². The van der Waals surface area contributed by atoms with Crippen molar-refractivity contribution in [2.45, 2.75) is 56.5 Å². The van der Waals surface area contributed by atoms with E-state index in [0.717, 1.165) is 22.4 Å². The SMILES string of the molecule is C#CC1(O)C(O)C(COP(=O)(NC(Cc2ccccc2)C(=O)OC(C)C)Oc2ccccc2)OC1n1ccc(=O)[nH]c1=O. The number of carbonyl (C=O) groups excluding carboxylic acids is 1. The van der Waals surface area contributed by atoms with Gasteiger partial charge in [-0.1, -0.05) is 54.5 Å². The molecule has 228 valence electrons. The number of nitrogens with one attached hydrogen (secondary N) is 2.